The van der Waals surface area contributed by atoms with Crippen molar-refractivity contribution in [3.8, 4) is 5.75 Å². The Morgan fingerprint density at radius 1 is 1.17 bits per heavy atom. The predicted molar refractivity (Wildman–Crippen MR) is 98.3 cm³/mol. The molecule has 0 atom stereocenters. The molecule has 0 bridgehead atoms. The van der Waals surface area contributed by atoms with Gasteiger partial charge in [0, 0.05) is 10.5 Å². The molecule has 24 heavy (non-hydrogen) atoms. The number of hydrogen-bond acceptors (Lipinski definition) is 3. The van der Waals surface area contributed by atoms with Crippen LogP contribution >= 0.6 is 15.9 Å². The van der Waals surface area contributed by atoms with Gasteiger partial charge >= 0.3 is 0 Å². The zero-order valence-electron chi connectivity index (χ0n) is 13.4. The summed E-state index contributed by atoms with van der Waals surface area (Å²) in [5.74, 6) is 0.552. The van der Waals surface area contributed by atoms with Gasteiger partial charge in [0.25, 0.3) is 5.91 Å². The number of amides is 1. The average molecular weight is 389 g/mol. The van der Waals surface area contributed by atoms with Gasteiger partial charge < -0.3 is 15.4 Å². The van der Waals surface area contributed by atoms with E-state index in [9.17, 15) is 4.79 Å². The van der Waals surface area contributed by atoms with Crippen molar-refractivity contribution in [2.45, 2.75) is 25.5 Å². The summed E-state index contributed by atoms with van der Waals surface area (Å²) in [5, 5.41) is 6.42. The lowest BCUT2D eigenvalue weighted by atomic mass is 10.1. The lowest BCUT2D eigenvalue weighted by Crippen LogP contribution is -2.42. The molecular weight excluding hydrogens is 368 g/mol. The Hall–Kier alpha value is -1.85. The molecule has 0 spiro atoms. The molecule has 2 aromatic rings. The molecule has 5 heteroatoms. The first-order valence-electron chi connectivity index (χ1n) is 8.20. The number of halogens is 1. The van der Waals surface area contributed by atoms with Crippen molar-refractivity contribution in [3.05, 3.63) is 64.1 Å². The molecular formula is C19H21BrN2O2. The summed E-state index contributed by atoms with van der Waals surface area (Å²) < 4.78 is 6.91. The molecule has 3 rings (SSSR count). The summed E-state index contributed by atoms with van der Waals surface area (Å²) >= 11 is 3.46. The van der Waals surface area contributed by atoms with E-state index < -0.39 is 0 Å². The van der Waals surface area contributed by atoms with E-state index >= 15 is 0 Å². The Labute approximate surface area is 150 Å². The van der Waals surface area contributed by atoms with E-state index in [2.05, 4.69) is 26.6 Å². The Bertz CT molecular complexity index is 699. The van der Waals surface area contributed by atoms with E-state index in [1.54, 1.807) is 0 Å². The van der Waals surface area contributed by atoms with Crippen LogP contribution in [0.5, 0.6) is 5.75 Å². The Morgan fingerprint density at radius 3 is 2.75 bits per heavy atom. The second-order valence-electron chi connectivity index (χ2n) is 5.91. The van der Waals surface area contributed by atoms with E-state index in [1.807, 2.05) is 48.5 Å². The highest BCUT2D eigenvalue weighted by atomic mass is 79.9. The Morgan fingerprint density at radius 2 is 1.96 bits per heavy atom. The number of hydrogen-bond donors (Lipinski definition) is 2. The lowest BCUT2D eigenvalue weighted by Gasteiger charge is -2.24. The van der Waals surface area contributed by atoms with Crippen LogP contribution in [-0.2, 0) is 6.61 Å². The van der Waals surface area contributed by atoms with Gasteiger partial charge in [-0.25, -0.2) is 0 Å². The van der Waals surface area contributed by atoms with Crippen LogP contribution in [0.1, 0.15) is 28.8 Å². The normalized spacial score (nSPS) is 15.0. The number of rotatable bonds is 5. The molecule has 1 aliphatic heterocycles. The van der Waals surface area contributed by atoms with Crippen molar-refractivity contribution in [1.29, 1.82) is 0 Å². The van der Waals surface area contributed by atoms with Crippen molar-refractivity contribution in [2.75, 3.05) is 13.1 Å². The first-order valence-corrected chi connectivity index (χ1v) is 8.99. The molecule has 1 amide bonds. The minimum atomic E-state index is -0.0632. The van der Waals surface area contributed by atoms with Crippen molar-refractivity contribution in [3.63, 3.8) is 0 Å². The molecule has 4 nitrogen and oxygen atoms in total. The van der Waals surface area contributed by atoms with Gasteiger partial charge in [-0.15, -0.1) is 0 Å². The Balaban J connectivity index is 1.66. The first kappa shape index (κ1) is 17.0. The lowest BCUT2D eigenvalue weighted by molar-refractivity contribution is 0.0925. The minimum absolute atomic E-state index is 0.0632. The SMILES string of the molecule is O=C(NC1CCNCC1)c1ccccc1OCc1cccc(Br)c1. The van der Waals surface area contributed by atoms with Gasteiger partial charge in [-0.2, -0.15) is 0 Å². The summed E-state index contributed by atoms with van der Waals surface area (Å²) in [7, 11) is 0. The van der Waals surface area contributed by atoms with Crippen LogP contribution in [0.15, 0.2) is 53.0 Å². The molecule has 0 aliphatic carbocycles. The fraction of sp³-hybridized carbons (Fsp3) is 0.316. The zero-order chi connectivity index (χ0) is 16.8. The van der Waals surface area contributed by atoms with Crippen LogP contribution in [-0.4, -0.2) is 25.0 Å². The number of carbonyl (C=O) groups excluding carboxylic acids is 1. The number of carbonyl (C=O) groups is 1. The largest absolute Gasteiger partial charge is 0.488 e. The highest BCUT2D eigenvalue weighted by molar-refractivity contribution is 9.10. The fourth-order valence-corrected chi connectivity index (χ4v) is 3.24. The van der Waals surface area contributed by atoms with E-state index in [-0.39, 0.29) is 11.9 Å². The standard InChI is InChI=1S/C19H21BrN2O2/c20-15-5-3-4-14(12-15)13-24-18-7-2-1-6-17(18)19(23)22-16-8-10-21-11-9-16/h1-7,12,16,21H,8-11,13H2,(H,22,23). The highest BCUT2D eigenvalue weighted by Gasteiger charge is 2.18. The summed E-state index contributed by atoms with van der Waals surface area (Å²) in [6.45, 7) is 2.33. The van der Waals surface area contributed by atoms with Gasteiger partial charge in [0.2, 0.25) is 0 Å². The molecule has 1 saturated heterocycles. The number of benzene rings is 2. The van der Waals surface area contributed by atoms with Gasteiger partial charge in [-0.05, 0) is 55.8 Å². The second-order valence-corrected chi connectivity index (χ2v) is 6.83. The fourth-order valence-electron chi connectivity index (χ4n) is 2.80. The van der Waals surface area contributed by atoms with E-state index in [0.717, 1.165) is 36.0 Å². The number of piperidine rings is 1. The molecule has 0 radical (unpaired) electrons. The molecule has 126 valence electrons. The zero-order valence-corrected chi connectivity index (χ0v) is 15.0. The summed E-state index contributed by atoms with van der Waals surface area (Å²) in [5.41, 5.74) is 1.64. The second kappa shape index (κ2) is 8.31. The quantitative estimate of drug-likeness (QED) is 0.823. The third-order valence-corrected chi connectivity index (χ3v) is 4.58. The smallest absolute Gasteiger partial charge is 0.255 e. The molecule has 1 aliphatic rings. The summed E-state index contributed by atoms with van der Waals surface area (Å²) in [4.78, 5) is 12.6. The maximum atomic E-state index is 12.6. The van der Waals surface area contributed by atoms with E-state index in [0.29, 0.717) is 17.9 Å². The predicted octanol–water partition coefficient (Wildman–Crippen LogP) is 3.51. The molecule has 2 N–H and O–H groups in total. The topological polar surface area (TPSA) is 50.4 Å². The Kier molecular flexibility index (Phi) is 5.88. The molecule has 0 unspecified atom stereocenters. The van der Waals surface area contributed by atoms with E-state index in [1.165, 1.54) is 0 Å². The van der Waals surface area contributed by atoms with Crippen molar-refractivity contribution >= 4 is 21.8 Å². The van der Waals surface area contributed by atoms with E-state index in [4.69, 9.17) is 4.74 Å². The number of para-hydroxylation sites is 1. The maximum Gasteiger partial charge on any atom is 0.255 e. The third kappa shape index (κ3) is 4.58. The number of nitrogens with one attached hydrogen (secondary N) is 2. The summed E-state index contributed by atoms with van der Waals surface area (Å²) in [6, 6.07) is 15.6. The van der Waals surface area contributed by atoms with Crippen LogP contribution in [0.2, 0.25) is 0 Å². The molecule has 1 fully saturated rings. The average Bonchev–Trinajstić information content (AvgIpc) is 2.61. The van der Waals surface area contributed by atoms with Gasteiger partial charge in [-0.1, -0.05) is 40.2 Å². The van der Waals surface area contributed by atoms with Crippen LogP contribution in [0, 0.1) is 0 Å². The molecule has 1 heterocycles. The monoisotopic (exact) mass is 388 g/mol. The molecule has 0 saturated carbocycles. The molecule has 0 aromatic heterocycles. The van der Waals surface area contributed by atoms with Gasteiger partial charge in [-0.3, -0.25) is 4.79 Å². The van der Waals surface area contributed by atoms with Crippen molar-refractivity contribution in [2.24, 2.45) is 0 Å². The van der Waals surface area contributed by atoms with Crippen molar-refractivity contribution < 1.29 is 9.53 Å². The van der Waals surface area contributed by atoms with Crippen LogP contribution in [0.4, 0.5) is 0 Å². The number of ether oxygens (including phenoxy) is 1. The van der Waals surface area contributed by atoms with Crippen LogP contribution in [0.3, 0.4) is 0 Å². The van der Waals surface area contributed by atoms with Gasteiger partial charge in [0.05, 0.1) is 5.56 Å². The molecule has 2 aromatic carbocycles. The maximum absolute atomic E-state index is 12.6. The highest BCUT2D eigenvalue weighted by Crippen LogP contribution is 2.21. The minimum Gasteiger partial charge on any atom is -0.488 e. The van der Waals surface area contributed by atoms with Crippen LogP contribution < -0.4 is 15.4 Å². The summed E-state index contributed by atoms with van der Waals surface area (Å²) in [6.07, 6.45) is 1.93. The van der Waals surface area contributed by atoms with Gasteiger partial charge in [0.15, 0.2) is 0 Å². The first-order chi connectivity index (χ1) is 11.7. The van der Waals surface area contributed by atoms with Gasteiger partial charge in [0.1, 0.15) is 12.4 Å². The van der Waals surface area contributed by atoms with Crippen molar-refractivity contribution in [1.82, 2.24) is 10.6 Å². The third-order valence-electron chi connectivity index (χ3n) is 4.09. The van der Waals surface area contributed by atoms with Crippen LogP contribution in [0.25, 0.3) is 0 Å².